The first kappa shape index (κ1) is 16.6. The summed E-state index contributed by atoms with van der Waals surface area (Å²) in [5, 5.41) is 3.11. The molecule has 0 aliphatic heterocycles. The van der Waals surface area contributed by atoms with E-state index in [4.69, 9.17) is 15.2 Å². The van der Waals surface area contributed by atoms with Crippen LogP contribution in [0.15, 0.2) is 18.2 Å². The summed E-state index contributed by atoms with van der Waals surface area (Å²) >= 11 is 0. The second-order valence-electron chi connectivity index (χ2n) is 6.18. The van der Waals surface area contributed by atoms with Crippen LogP contribution in [0.25, 0.3) is 0 Å². The Morgan fingerprint density at radius 1 is 1.32 bits per heavy atom. The van der Waals surface area contributed by atoms with Gasteiger partial charge in [-0.3, -0.25) is 4.79 Å². The van der Waals surface area contributed by atoms with Crippen molar-refractivity contribution in [2.24, 2.45) is 5.73 Å². The third-order valence-corrected chi connectivity index (χ3v) is 4.12. The van der Waals surface area contributed by atoms with Crippen molar-refractivity contribution in [3.8, 4) is 11.5 Å². The first-order chi connectivity index (χ1) is 10.5. The number of rotatable bonds is 6. The van der Waals surface area contributed by atoms with Gasteiger partial charge in [-0.1, -0.05) is 12.8 Å². The number of nitrogens with one attached hydrogen (secondary N) is 1. The highest BCUT2D eigenvalue weighted by Gasteiger charge is 2.34. The number of ether oxygens (including phenoxy) is 2. The highest BCUT2D eigenvalue weighted by molar-refractivity contribution is 5.95. The summed E-state index contributed by atoms with van der Waals surface area (Å²) in [5.74, 6) is 1.10. The fraction of sp³-hybridized carbons (Fsp3) is 0.588. The lowest BCUT2D eigenvalue weighted by Crippen LogP contribution is -2.51. The lowest BCUT2D eigenvalue weighted by molar-refractivity contribution is 0.0902. The lowest BCUT2D eigenvalue weighted by Gasteiger charge is -2.28. The highest BCUT2D eigenvalue weighted by Crippen LogP contribution is 2.31. The van der Waals surface area contributed by atoms with E-state index in [1.54, 1.807) is 25.3 Å². The van der Waals surface area contributed by atoms with E-state index in [1.807, 2.05) is 13.8 Å². The molecule has 1 aliphatic carbocycles. The molecule has 0 saturated heterocycles. The Morgan fingerprint density at radius 3 is 2.55 bits per heavy atom. The average molecular weight is 306 g/mol. The van der Waals surface area contributed by atoms with E-state index in [-0.39, 0.29) is 17.6 Å². The van der Waals surface area contributed by atoms with E-state index in [2.05, 4.69) is 5.32 Å². The molecule has 0 spiro atoms. The van der Waals surface area contributed by atoms with Gasteiger partial charge in [-0.25, -0.2) is 0 Å². The van der Waals surface area contributed by atoms with Crippen LogP contribution in [0.2, 0.25) is 0 Å². The third-order valence-electron chi connectivity index (χ3n) is 4.12. The maximum absolute atomic E-state index is 12.5. The zero-order valence-corrected chi connectivity index (χ0v) is 13.6. The minimum atomic E-state index is -0.253. The molecule has 0 heterocycles. The van der Waals surface area contributed by atoms with Crippen LogP contribution in [-0.2, 0) is 0 Å². The topological polar surface area (TPSA) is 73.6 Å². The number of carbonyl (C=O) groups excluding carboxylic acids is 1. The predicted octanol–water partition coefficient (Wildman–Crippen LogP) is 2.48. The maximum Gasteiger partial charge on any atom is 0.251 e. The molecule has 0 radical (unpaired) electrons. The number of hydrogen-bond acceptors (Lipinski definition) is 4. The molecule has 122 valence electrons. The largest absolute Gasteiger partial charge is 0.493 e. The molecule has 5 heteroatoms. The van der Waals surface area contributed by atoms with Crippen molar-refractivity contribution < 1.29 is 14.3 Å². The van der Waals surface area contributed by atoms with Gasteiger partial charge in [0.05, 0.1) is 18.8 Å². The van der Waals surface area contributed by atoms with E-state index in [9.17, 15) is 4.79 Å². The number of benzene rings is 1. The molecule has 1 amide bonds. The SMILES string of the molecule is COc1cc(C(=O)NC2(CN)CCCC2)ccc1OC(C)C. The highest BCUT2D eigenvalue weighted by atomic mass is 16.5. The molecule has 3 N–H and O–H groups in total. The fourth-order valence-corrected chi connectivity index (χ4v) is 2.91. The van der Waals surface area contributed by atoms with E-state index < -0.39 is 0 Å². The maximum atomic E-state index is 12.5. The van der Waals surface area contributed by atoms with E-state index in [0.717, 1.165) is 25.7 Å². The average Bonchev–Trinajstić information content (AvgIpc) is 2.96. The van der Waals surface area contributed by atoms with Crippen molar-refractivity contribution in [3.63, 3.8) is 0 Å². The molecule has 1 fully saturated rings. The Hall–Kier alpha value is -1.75. The minimum absolute atomic E-state index is 0.0487. The number of nitrogens with two attached hydrogens (primary N) is 1. The van der Waals surface area contributed by atoms with Crippen molar-refractivity contribution in [2.75, 3.05) is 13.7 Å². The van der Waals surface area contributed by atoms with Gasteiger partial charge in [-0.2, -0.15) is 0 Å². The van der Waals surface area contributed by atoms with Gasteiger partial charge < -0.3 is 20.5 Å². The molecule has 0 unspecified atom stereocenters. The molecule has 5 nitrogen and oxygen atoms in total. The fourth-order valence-electron chi connectivity index (χ4n) is 2.91. The molecule has 22 heavy (non-hydrogen) atoms. The van der Waals surface area contributed by atoms with Crippen molar-refractivity contribution in [1.82, 2.24) is 5.32 Å². The van der Waals surface area contributed by atoms with Gasteiger partial charge in [0.2, 0.25) is 0 Å². The monoisotopic (exact) mass is 306 g/mol. The molecule has 0 atom stereocenters. The van der Waals surface area contributed by atoms with Crippen LogP contribution in [0.4, 0.5) is 0 Å². The van der Waals surface area contributed by atoms with E-state index in [1.165, 1.54) is 0 Å². The zero-order chi connectivity index (χ0) is 16.2. The second-order valence-corrected chi connectivity index (χ2v) is 6.18. The summed E-state index contributed by atoms with van der Waals surface area (Å²) in [6.45, 7) is 4.38. The zero-order valence-electron chi connectivity index (χ0n) is 13.6. The minimum Gasteiger partial charge on any atom is -0.493 e. The summed E-state index contributed by atoms with van der Waals surface area (Å²) in [6.07, 6.45) is 4.17. The molecule has 1 saturated carbocycles. The van der Waals surface area contributed by atoms with Crippen LogP contribution in [0.5, 0.6) is 11.5 Å². The lowest BCUT2D eigenvalue weighted by atomic mass is 9.97. The van der Waals surface area contributed by atoms with Gasteiger partial charge in [-0.15, -0.1) is 0 Å². The Balaban J connectivity index is 2.16. The number of carbonyl (C=O) groups is 1. The van der Waals surface area contributed by atoms with Crippen LogP contribution in [-0.4, -0.2) is 31.2 Å². The number of amides is 1. The number of hydrogen-bond donors (Lipinski definition) is 2. The molecule has 0 aromatic heterocycles. The molecular formula is C17H26N2O3. The van der Waals surface area contributed by atoms with E-state index in [0.29, 0.717) is 23.6 Å². The summed E-state index contributed by atoms with van der Waals surface area (Å²) < 4.78 is 11.0. The summed E-state index contributed by atoms with van der Waals surface area (Å²) in [6, 6.07) is 5.25. The van der Waals surface area contributed by atoms with E-state index >= 15 is 0 Å². The van der Waals surface area contributed by atoms with Gasteiger partial charge in [0.1, 0.15) is 0 Å². The third kappa shape index (κ3) is 3.71. The quantitative estimate of drug-likeness (QED) is 0.847. The molecular weight excluding hydrogens is 280 g/mol. The van der Waals surface area contributed by atoms with Gasteiger partial charge >= 0.3 is 0 Å². The smallest absolute Gasteiger partial charge is 0.251 e. The van der Waals surface area contributed by atoms with Crippen LogP contribution >= 0.6 is 0 Å². The molecule has 1 aliphatic rings. The van der Waals surface area contributed by atoms with Gasteiger partial charge in [0.15, 0.2) is 11.5 Å². The first-order valence-electron chi connectivity index (χ1n) is 7.87. The Bertz CT molecular complexity index is 523. The van der Waals surface area contributed by atoms with Crippen LogP contribution < -0.4 is 20.5 Å². The standard InChI is InChI=1S/C17H26N2O3/c1-12(2)22-14-7-6-13(10-15(14)21-3)16(20)19-17(11-18)8-4-5-9-17/h6-7,10,12H,4-5,8-9,11,18H2,1-3H3,(H,19,20). The molecule has 1 aromatic rings. The Kier molecular flexibility index (Phi) is 5.29. The first-order valence-corrected chi connectivity index (χ1v) is 7.87. The molecule has 2 rings (SSSR count). The normalized spacial score (nSPS) is 16.6. The van der Waals surface area contributed by atoms with Crippen molar-refractivity contribution in [1.29, 1.82) is 0 Å². The van der Waals surface area contributed by atoms with Crippen LogP contribution in [0.1, 0.15) is 49.9 Å². The van der Waals surface area contributed by atoms with Crippen LogP contribution in [0.3, 0.4) is 0 Å². The second kappa shape index (κ2) is 7.01. The Labute approximate surface area is 132 Å². The van der Waals surface area contributed by atoms with Crippen molar-refractivity contribution >= 4 is 5.91 Å². The number of methoxy groups -OCH3 is 1. The molecule has 0 bridgehead atoms. The Morgan fingerprint density at radius 2 is 2.00 bits per heavy atom. The van der Waals surface area contributed by atoms with Crippen molar-refractivity contribution in [2.45, 2.75) is 51.2 Å². The summed E-state index contributed by atoms with van der Waals surface area (Å²) in [5.41, 5.74) is 6.18. The van der Waals surface area contributed by atoms with Crippen molar-refractivity contribution in [3.05, 3.63) is 23.8 Å². The summed E-state index contributed by atoms with van der Waals surface area (Å²) in [4.78, 5) is 12.5. The van der Waals surface area contributed by atoms with Crippen LogP contribution in [0, 0.1) is 0 Å². The molecule has 1 aromatic carbocycles. The summed E-state index contributed by atoms with van der Waals surface area (Å²) in [7, 11) is 1.57. The van der Waals surface area contributed by atoms with Gasteiger partial charge in [0, 0.05) is 12.1 Å². The van der Waals surface area contributed by atoms with Gasteiger partial charge in [0.25, 0.3) is 5.91 Å². The van der Waals surface area contributed by atoms with Gasteiger partial charge in [-0.05, 0) is 44.9 Å². The predicted molar refractivity (Wildman–Crippen MR) is 86.5 cm³/mol.